The highest BCUT2D eigenvalue weighted by Crippen LogP contribution is 1.56. The highest BCUT2D eigenvalue weighted by molar-refractivity contribution is 4.78. The normalized spacial score (nSPS) is 7.29. The average molecular weight is 96.2 g/mol. The molecule has 0 N–H and O–H groups in total. The zero-order valence-electron chi connectivity index (χ0n) is 4.85. The molecular weight excluding hydrogens is 84.1 g/mol. The minimum atomic E-state index is 1.50. The van der Waals surface area contributed by atoms with Crippen LogP contribution in [0.15, 0.2) is 24.8 Å². The van der Waals surface area contributed by atoms with Crippen LogP contribution in [-0.2, 0) is 0 Å². The van der Waals surface area contributed by atoms with Crippen molar-refractivity contribution in [2.45, 2.75) is 6.92 Å². The molecular formula is C7H12. The van der Waals surface area contributed by atoms with Crippen LogP contribution in [0.1, 0.15) is 6.92 Å². The number of hydrogen-bond acceptors (Lipinski definition) is 0. The third-order valence-corrected chi connectivity index (χ3v) is 0.236. The van der Waals surface area contributed by atoms with Crippen molar-refractivity contribution in [1.29, 1.82) is 0 Å². The second-order valence-electron chi connectivity index (χ2n) is 0.858. The van der Waals surface area contributed by atoms with Gasteiger partial charge in [0, 0.05) is 0 Å². The van der Waals surface area contributed by atoms with Crippen molar-refractivity contribution in [3.63, 3.8) is 0 Å². The predicted molar refractivity (Wildman–Crippen MR) is 35.7 cm³/mol. The van der Waals surface area contributed by atoms with Gasteiger partial charge in [0.1, 0.15) is 0 Å². The summed E-state index contributed by atoms with van der Waals surface area (Å²) in [7, 11) is 0. The maximum absolute atomic E-state index is 3.42. The quantitative estimate of drug-likeness (QED) is 0.434. The first kappa shape index (κ1) is 9.70. The lowest BCUT2D eigenvalue weighted by Crippen LogP contribution is -1.27. The summed E-state index contributed by atoms with van der Waals surface area (Å²) in [6.07, 6.45) is 5.14. The van der Waals surface area contributed by atoms with E-state index in [0.29, 0.717) is 0 Å². The van der Waals surface area contributed by atoms with Gasteiger partial charge in [0.15, 0.2) is 0 Å². The van der Waals surface area contributed by atoms with E-state index < -0.39 is 0 Å². The van der Waals surface area contributed by atoms with Gasteiger partial charge in [-0.05, 0) is 20.8 Å². The van der Waals surface area contributed by atoms with Gasteiger partial charge in [0.25, 0.3) is 0 Å². The highest BCUT2D eigenvalue weighted by atomic mass is 13.4. The predicted octanol–water partition coefficient (Wildman–Crippen LogP) is 2.40. The molecule has 0 rings (SSSR count). The molecule has 0 fully saturated rings. The van der Waals surface area contributed by atoms with Crippen LogP contribution in [0.25, 0.3) is 0 Å². The summed E-state index contributed by atoms with van der Waals surface area (Å²) < 4.78 is 0. The van der Waals surface area contributed by atoms with Crippen molar-refractivity contribution in [2.24, 2.45) is 0 Å². The molecule has 0 saturated heterocycles. The molecule has 0 aliphatic carbocycles. The van der Waals surface area contributed by atoms with Gasteiger partial charge in [-0.2, -0.15) is 0 Å². The first-order valence-corrected chi connectivity index (χ1v) is 2.14. The summed E-state index contributed by atoms with van der Waals surface area (Å²) in [5.41, 5.74) is 0. The lowest BCUT2D eigenvalue weighted by Gasteiger charge is -1.49. The van der Waals surface area contributed by atoms with Crippen LogP contribution in [0, 0.1) is 13.8 Å². The van der Waals surface area contributed by atoms with E-state index in [1.165, 1.54) is 6.08 Å². The minimum absolute atomic E-state index is 1.50. The standard InChI is InChI=1S/C4H7.C3H5/c1-3-4-2;1-3-2/h3-4H,1H2,2H3;3H,1-2H2/b4-3+;. The van der Waals surface area contributed by atoms with E-state index in [2.05, 4.69) is 20.4 Å². The molecule has 0 bridgehead atoms. The molecule has 40 valence electrons. The van der Waals surface area contributed by atoms with Gasteiger partial charge in [-0.3, -0.25) is 0 Å². The van der Waals surface area contributed by atoms with Gasteiger partial charge in [0.05, 0.1) is 0 Å². The van der Waals surface area contributed by atoms with Gasteiger partial charge in [0.2, 0.25) is 0 Å². The second kappa shape index (κ2) is 17.9. The molecule has 0 unspecified atom stereocenters. The van der Waals surface area contributed by atoms with Crippen LogP contribution in [0.2, 0.25) is 0 Å². The summed E-state index contributed by atoms with van der Waals surface area (Å²) >= 11 is 0. The van der Waals surface area contributed by atoms with Crippen molar-refractivity contribution in [2.75, 3.05) is 0 Å². The number of hydrogen-bond donors (Lipinski definition) is 0. The molecule has 0 aliphatic heterocycles. The van der Waals surface area contributed by atoms with E-state index in [1.807, 2.05) is 13.0 Å². The van der Waals surface area contributed by atoms with E-state index in [1.54, 1.807) is 6.08 Å². The Kier molecular flexibility index (Phi) is 24.8. The zero-order valence-corrected chi connectivity index (χ0v) is 4.85. The zero-order chi connectivity index (χ0) is 6.12. The van der Waals surface area contributed by atoms with Gasteiger partial charge >= 0.3 is 0 Å². The summed E-state index contributed by atoms with van der Waals surface area (Å²) in [6.45, 7) is 11.9. The van der Waals surface area contributed by atoms with E-state index in [9.17, 15) is 0 Å². The average Bonchev–Trinajstić information content (AvgIpc) is 1.69. The van der Waals surface area contributed by atoms with Gasteiger partial charge in [-0.15, -0.1) is 6.58 Å². The fourth-order valence-corrected chi connectivity index (χ4v) is 0. The first-order valence-electron chi connectivity index (χ1n) is 2.14. The van der Waals surface area contributed by atoms with Crippen molar-refractivity contribution >= 4 is 0 Å². The Hall–Kier alpha value is -0.520. The van der Waals surface area contributed by atoms with Gasteiger partial charge in [-0.25, -0.2) is 0 Å². The minimum Gasteiger partial charge on any atom is -0.103 e. The Morgan fingerprint density at radius 3 is 1.43 bits per heavy atom. The molecule has 0 spiro atoms. The molecule has 0 saturated carbocycles. The second-order valence-corrected chi connectivity index (χ2v) is 0.858. The molecule has 0 amide bonds. The highest BCUT2D eigenvalue weighted by Gasteiger charge is 1.34. The van der Waals surface area contributed by atoms with E-state index in [4.69, 9.17) is 0 Å². The van der Waals surface area contributed by atoms with Crippen molar-refractivity contribution in [3.05, 3.63) is 38.7 Å². The molecule has 0 heterocycles. The third kappa shape index (κ3) is 288. The molecule has 0 heteroatoms. The smallest absolute Gasteiger partial charge is 0.0316 e. The van der Waals surface area contributed by atoms with Crippen molar-refractivity contribution < 1.29 is 0 Å². The Morgan fingerprint density at radius 1 is 1.29 bits per heavy atom. The molecule has 0 aromatic carbocycles. The van der Waals surface area contributed by atoms with E-state index in [-0.39, 0.29) is 0 Å². The lowest BCUT2D eigenvalue weighted by atomic mass is 10.6. The van der Waals surface area contributed by atoms with Crippen LogP contribution in [0.4, 0.5) is 0 Å². The Balaban J connectivity index is 0. The Bertz CT molecular complexity index is 38.0. The number of allylic oxidation sites excluding steroid dienone is 3. The van der Waals surface area contributed by atoms with Crippen molar-refractivity contribution in [3.8, 4) is 0 Å². The van der Waals surface area contributed by atoms with Gasteiger partial charge < -0.3 is 0 Å². The fourth-order valence-electron chi connectivity index (χ4n) is 0. The fraction of sp³-hybridized carbons (Fsp3) is 0.143. The maximum Gasteiger partial charge on any atom is -0.0316 e. The van der Waals surface area contributed by atoms with E-state index in [0.717, 1.165) is 0 Å². The molecule has 0 atom stereocenters. The summed E-state index contributed by atoms with van der Waals surface area (Å²) in [6, 6.07) is 0. The molecule has 0 nitrogen and oxygen atoms in total. The van der Waals surface area contributed by atoms with Crippen LogP contribution < -0.4 is 0 Å². The SMILES string of the molecule is [CH2]/C=C/C.[CH2]C=C. The summed E-state index contributed by atoms with van der Waals surface area (Å²) in [5, 5.41) is 0. The number of rotatable bonds is 0. The molecule has 7 heavy (non-hydrogen) atoms. The third-order valence-electron chi connectivity index (χ3n) is 0.236. The molecule has 2 radical (unpaired) electrons. The van der Waals surface area contributed by atoms with Crippen LogP contribution >= 0.6 is 0 Å². The Morgan fingerprint density at radius 2 is 1.43 bits per heavy atom. The largest absolute Gasteiger partial charge is 0.103 e. The molecule has 0 aromatic heterocycles. The summed E-state index contributed by atoms with van der Waals surface area (Å²) in [4.78, 5) is 0. The Labute approximate surface area is 46.6 Å². The van der Waals surface area contributed by atoms with Gasteiger partial charge in [-0.1, -0.05) is 18.2 Å². The summed E-state index contributed by atoms with van der Waals surface area (Å²) in [5.74, 6) is 0. The molecule has 0 aliphatic rings. The topological polar surface area (TPSA) is 0 Å². The maximum atomic E-state index is 3.42. The monoisotopic (exact) mass is 96.1 g/mol. The lowest BCUT2D eigenvalue weighted by molar-refractivity contribution is 1.74. The van der Waals surface area contributed by atoms with Crippen LogP contribution in [0.5, 0.6) is 0 Å². The molecule has 0 aromatic rings. The first-order chi connectivity index (χ1) is 3.33. The van der Waals surface area contributed by atoms with E-state index >= 15 is 0 Å². The van der Waals surface area contributed by atoms with Crippen LogP contribution in [0.3, 0.4) is 0 Å². The van der Waals surface area contributed by atoms with Crippen LogP contribution in [-0.4, -0.2) is 0 Å². The van der Waals surface area contributed by atoms with Crippen molar-refractivity contribution in [1.82, 2.24) is 0 Å².